The number of piperidine rings is 1. The van der Waals surface area contributed by atoms with Crippen LogP contribution in [0.4, 0.5) is 0 Å². The van der Waals surface area contributed by atoms with Crippen LogP contribution in [0, 0.1) is 11.3 Å². The Hall–Kier alpha value is -4.15. The maximum absolute atomic E-state index is 15.1. The number of carbonyl (C=O) groups is 2. The quantitative estimate of drug-likeness (QED) is 0.198. The first-order valence-electron chi connectivity index (χ1n) is 19.5. The van der Waals surface area contributed by atoms with Crippen LogP contribution >= 0.6 is 0 Å². The van der Waals surface area contributed by atoms with Crippen molar-refractivity contribution in [2.75, 3.05) is 26.0 Å². The molecule has 1 aromatic heterocycles. The van der Waals surface area contributed by atoms with Gasteiger partial charge in [-0.2, -0.15) is 0 Å². The molecule has 2 amide bonds. The van der Waals surface area contributed by atoms with E-state index in [0.29, 0.717) is 18.0 Å². The minimum Gasteiger partial charge on any atom is -0.497 e. The molecule has 5 fully saturated rings. The van der Waals surface area contributed by atoms with E-state index in [-0.39, 0.29) is 35.6 Å². The number of benzene rings is 3. The lowest BCUT2D eigenvalue weighted by Crippen LogP contribution is -2.71. The second-order valence-corrected chi connectivity index (χ2v) is 18.6. The highest BCUT2D eigenvalue weighted by atomic mass is 32.2. The van der Waals surface area contributed by atoms with Crippen LogP contribution in [0.2, 0.25) is 0 Å². The number of fused-ring (bicyclic) bond motifs is 9. The van der Waals surface area contributed by atoms with Crippen LogP contribution in [0.15, 0.2) is 66.7 Å². The number of ether oxygens (including phenoxy) is 1. The van der Waals surface area contributed by atoms with E-state index in [2.05, 4.69) is 61.6 Å². The summed E-state index contributed by atoms with van der Waals surface area (Å²) in [5.74, 6) is 0.601. The van der Waals surface area contributed by atoms with E-state index in [9.17, 15) is 13.2 Å². The van der Waals surface area contributed by atoms with Crippen molar-refractivity contribution in [2.45, 2.75) is 95.8 Å². The van der Waals surface area contributed by atoms with Crippen LogP contribution in [-0.2, 0) is 27.9 Å². The first-order valence-corrected chi connectivity index (χ1v) is 21.2. The van der Waals surface area contributed by atoms with Gasteiger partial charge in [0.05, 0.1) is 24.0 Å². The number of nitrogens with zero attached hydrogens (tertiary/aromatic N) is 3. The van der Waals surface area contributed by atoms with Crippen LogP contribution < -0.4 is 9.46 Å². The van der Waals surface area contributed by atoms with Gasteiger partial charge in [-0.05, 0) is 84.5 Å². The van der Waals surface area contributed by atoms with Gasteiger partial charge >= 0.3 is 0 Å². The monoisotopic (exact) mass is 734 g/mol. The van der Waals surface area contributed by atoms with Crippen molar-refractivity contribution in [3.8, 4) is 17.0 Å². The van der Waals surface area contributed by atoms with Gasteiger partial charge in [-0.3, -0.25) is 14.5 Å². The van der Waals surface area contributed by atoms with Crippen molar-refractivity contribution in [3.63, 3.8) is 0 Å². The molecule has 278 valence electrons. The molecule has 6 aliphatic rings. The molecule has 3 aromatic carbocycles. The Labute approximate surface area is 312 Å². The van der Waals surface area contributed by atoms with E-state index >= 15 is 4.79 Å². The molecule has 1 N–H and O–H groups in total. The summed E-state index contributed by atoms with van der Waals surface area (Å²) in [6.45, 7) is 6.82. The normalized spacial score (nSPS) is 25.2. The summed E-state index contributed by atoms with van der Waals surface area (Å²) in [5.41, 5.74) is 6.65. The number of piperazine rings is 1. The van der Waals surface area contributed by atoms with E-state index in [4.69, 9.17) is 4.74 Å². The zero-order valence-corrected chi connectivity index (χ0v) is 31.8. The molecule has 0 spiro atoms. The summed E-state index contributed by atoms with van der Waals surface area (Å²) in [5, 5.41) is 1.09. The lowest BCUT2D eigenvalue weighted by molar-refractivity contribution is -0.161. The Morgan fingerprint density at radius 3 is 2.43 bits per heavy atom. The van der Waals surface area contributed by atoms with E-state index in [1.54, 1.807) is 13.2 Å². The Morgan fingerprint density at radius 1 is 0.962 bits per heavy atom. The van der Waals surface area contributed by atoms with Crippen LogP contribution in [0.1, 0.15) is 97.7 Å². The molecule has 10 heteroatoms. The third kappa shape index (κ3) is 5.97. The number of carbonyl (C=O) groups excluding carboxylic acids is 2. The van der Waals surface area contributed by atoms with Crippen molar-refractivity contribution in [2.24, 2.45) is 11.3 Å². The minimum absolute atomic E-state index is 0.0589. The number of hydrogen-bond acceptors (Lipinski definition) is 6. The standard InChI is InChI=1S/C43H50N4O5S/c1-27(2)25-53(50,51)44-41(48)30-14-16-35-38(18-30)46-26-43(42(49)47-31-19-32(47)24-45(23-31)22-28-10-6-4-7-11-28)21-37(43)36-20-33(52-3)15-17-34(36)40(46)39(35)29-12-8-5-9-13-29/h4,6-7,10-11,14-18,20,27,29,31-32,37H,5,8-9,12-13,19,21-26H2,1-3H3,(H,44,48). The lowest BCUT2D eigenvalue weighted by Gasteiger charge is -2.57. The molecule has 4 aromatic rings. The molecule has 4 atom stereocenters. The molecule has 10 rings (SSSR count). The topological polar surface area (TPSA) is 101 Å². The fourth-order valence-electron chi connectivity index (χ4n) is 10.4. The zero-order valence-electron chi connectivity index (χ0n) is 31.0. The molecule has 4 unspecified atom stereocenters. The third-order valence-corrected chi connectivity index (χ3v) is 14.4. The first kappa shape index (κ1) is 34.6. The Morgan fingerprint density at radius 2 is 1.72 bits per heavy atom. The molecule has 2 aliphatic carbocycles. The minimum atomic E-state index is -3.79. The van der Waals surface area contributed by atoms with E-state index < -0.39 is 21.3 Å². The highest BCUT2D eigenvalue weighted by Gasteiger charge is 2.66. The Bertz CT molecular complexity index is 2200. The van der Waals surface area contributed by atoms with Crippen LogP contribution in [0.25, 0.3) is 22.2 Å². The third-order valence-electron chi connectivity index (χ3n) is 12.8. The number of amides is 2. The number of methoxy groups -OCH3 is 1. The maximum atomic E-state index is 15.1. The van der Waals surface area contributed by atoms with E-state index in [1.165, 1.54) is 36.0 Å². The summed E-state index contributed by atoms with van der Waals surface area (Å²) in [6, 6.07) is 23.0. The van der Waals surface area contributed by atoms with Gasteiger partial charge in [-0.25, -0.2) is 13.1 Å². The smallest absolute Gasteiger partial charge is 0.264 e. The van der Waals surface area contributed by atoms with Crippen molar-refractivity contribution >= 4 is 32.7 Å². The molecule has 5 heterocycles. The average Bonchev–Trinajstić information content (AvgIpc) is 3.81. The lowest BCUT2D eigenvalue weighted by atomic mass is 9.81. The SMILES string of the molecule is COc1ccc2c(c1)C1CC1(C(=O)N1C3CC1CN(Cc1ccccc1)C3)Cn1c-2c(C2CCCCC2)c2ccc(C(=O)NS(=O)(=O)CC(C)C)cc21. The van der Waals surface area contributed by atoms with Gasteiger partial charge in [0.1, 0.15) is 5.75 Å². The zero-order chi connectivity index (χ0) is 36.6. The maximum Gasteiger partial charge on any atom is 0.264 e. The van der Waals surface area contributed by atoms with Gasteiger partial charge in [0.15, 0.2) is 0 Å². The van der Waals surface area contributed by atoms with Crippen molar-refractivity contribution in [1.29, 1.82) is 0 Å². The average molecular weight is 735 g/mol. The summed E-state index contributed by atoms with van der Waals surface area (Å²) in [7, 11) is -2.09. The fraction of sp³-hybridized carbons (Fsp3) is 0.488. The van der Waals surface area contributed by atoms with Crippen LogP contribution in [0.3, 0.4) is 0 Å². The fourth-order valence-corrected chi connectivity index (χ4v) is 11.7. The van der Waals surface area contributed by atoms with Crippen molar-refractivity contribution < 1.29 is 22.7 Å². The number of hydrogen-bond donors (Lipinski definition) is 1. The highest BCUT2D eigenvalue weighted by Crippen LogP contribution is 2.67. The molecule has 3 saturated heterocycles. The van der Waals surface area contributed by atoms with Gasteiger partial charge in [-0.1, -0.05) is 69.5 Å². The van der Waals surface area contributed by atoms with Gasteiger partial charge in [0.25, 0.3) is 5.91 Å². The van der Waals surface area contributed by atoms with Gasteiger partial charge in [0.2, 0.25) is 15.9 Å². The van der Waals surface area contributed by atoms with Gasteiger partial charge < -0.3 is 14.2 Å². The van der Waals surface area contributed by atoms with Crippen molar-refractivity contribution in [1.82, 2.24) is 19.1 Å². The number of nitrogens with one attached hydrogen (secondary N) is 1. The summed E-state index contributed by atoms with van der Waals surface area (Å²) in [6.07, 6.45) is 7.57. The largest absolute Gasteiger partial charge is 0.497 e. The summed E-state index contributed by atoms with van der Waals surface area (Å²) >= 11 is 0. The predicted molar refractivity (Wildman–Crippen MR) is 206 cm³/mol. The molecular formula is C43H50N4O5S. The molecule has 9 nitrogen and oxygen atoms in total. The van der Waals surface area contributed by atoms with Crippen LogP contribution in [0.5, 0.6) is 5.75 Å². The number of rotatable bonds is 9. The van der Waals surface area contributed by atoms with Gasteiger partial charge in [0, 0.05) is 66.2 Å². The first-order chi connectivity index (χ1) is 25.5. The number of aromatic nitrogens is 1. The Balaban J connectivity index is 1.13. The predicted octanol–water partition coefficient (Wildman–Crippen LogP) is 7.05. The van der Waals surface area contributed by atoms with Crippen molar-refractivity contribution in [3.05, 3.63) is 89.0 Å². The summed E-state index contributed by atoms with van der Waals surface area (Å²) < 4.78 is 36.1. The van der Waals surface area contributed by atoms with Crippen LogP contribution in [-0.4, -0.2) is 72.6 Å². The molecule has 2 saturated carbocycles. The number of sulfonamides is 1. The van der Waals surface area contributed by atoms with Gasteiger partial charge in [-0.15, -0.1) is 0 Å². The summed E-state index contributed by atoms with van der Waals surface area (Å²) in [4.78, 5) is 33.4. The van der Waals surface area contributed by atoms with E-state index in [1.807, 2.05) is 32.0 Å². The highest BCUT2D eigenvalue weighted by molar-refractivity contribution is 7.90. The molecule has 0 radical (unpaired) electrons. The molecule has 4 aliphatic heterocycles. The Kier molecular flexibility index (Phi) is 8.49. The molecule has 53 heavy (non-hydrogen) atoms. The van der Waals surface area contributed by atoms with E-state index in [0.717, 1.165) is 73.2 Å². The second kappa shape index (κ2) is 13.0. The molecular weight excluding hydrogens is 685 g/mol. The molecule has 2 bridgehead atoms. The second-order valence-electron chi connectivity index (χ2n) is 16.8.